The normalized spacial score (nSPS) is 26.8. The SMILES string of the molecule is COC1c2ccccc2OC(O)(O)C1(O)c1ccccc1. The summed E-state index contributed by atoms with van der Waals surface area (Å²) in [6, 6.07) is 15.1. The number of benzene rings is 2. The molecule has 0 fully saturated rings. The van der Waals surface area contributed by atoms with Crippen LogP contribution in [0.2, 0.25) is 0 Å². The first kappa shape index (κ1) is 14.0. The molecule has 2 aromatic rings. The fraction of sp³-hybridized carbons (Fsp3) is 0.250. The van der Waals surface area contributed by atoms with E-state index in [1.165, 1.54) is 7.11 Å². The minimum Gasteiger partial charge on any atom is -0.436 e. The first-order valence-electron chi connectivity index (χ1n) is 6.54. The van der Waals surface area contributed by atoms with Gasteiger partial charge in [0.15, 0.2) is 0 Å². The highest BCUT2D eigenvalue weighted by molar-refractivity contribution is 5.43. The molecule has 0 spiro atoms. The summed E-state index contributed by atoms with van der Waals surface area (Å²) in [6.07, 6.45) is -0.986. The Morgan fingerprint density at radius 2 is 1.57 bits per heavy atom. The van der Waals surface area contributed by atoms with Crippen molar-refractivity contribution in [2.45, 2.75) is 17.7 Å². The largest absolute Gasteiger partial charge is 0.436 e. The van der Waals surface area contributed by atoms with Gasteiger partial charge in [0, 0.05) is 12.7 Å². The number of ether oxygens (including phenoxy) is 2. The number of methoxy groups -OCH3 is 1. The summed E-state index contributed by atoms with van der Waals surface area (Å²) in [5, 5.41) is 31.6. The van der Waals surface area contributed by atoms with Crippen molar-refractivity contribution in [2.75, 3.05) is 7.11 Å². The van der Waals surface area contributed by atoms with Crippen molar-refractivity contribution in [2.24, 2.45) is 0 Å². The molecule has 3 rings (SSSR count). The van der Waals surface area contributed by atoms with Gasteiger partial charge in [0.1, 0.15) is 11.9 Å². The summed E-state index contributed by atoms with van der Waals surface area (Å²) in [7, 11) is 1.40. The lowest BCUT2D eigenvalue weighted by Gasteiger charge is -2.47. The van der Waals surface area contributed by atoms with Crippen LogP contribution in [0.25, 0.3) is 0 Å². The second-order valence-corrected chi connectivity index (χ2v) is 5.00. The predicted octanol–water partition coefficient (Wildman–Crippen LogP) is 1.29. The third-order valence-corrected chi connectivity index (χ3v) is 3.78. The van der Waals surface area contributed by atoms with Crippen LogP contribution in [0.15, 0.2) is 54.6 Å². The molecule has 21 heavy (non-hydrogen) atoms. The van der Waals surface area contributed by atoms with Gasteiger partial charge in [-0.3, -0.25) is 0 Å². The molecule has 1 heterocycles. The number of para-hydroxylation sites is 1. The van der Waals surface area contributed by atoms with E-state index < -0.39 is 17.7 Å². The monoisotopic (exact) mass is 288 g/mol. The molecule has 1 aliphatic rings. The number of hydrogen-bond donors (Lipinski definition) is 3. The predicted molar refractivity (Wildman–Crippen MR) is 74.3 cm³/mol. The molecule has 0 bridgehead atoms. The highest BCUT2D eigenvalue weighted by Crippen LogP contribution is 2.51. The van der Waals surface area contributed by atoms with E-state index in [4.69, 9.17) is 9.47 Å². The zero-order valence-corrected chi connectivity index (χ0v) is 11.4. The quantitative estimate of drug-likeness (QED) is 0.726. The van der Waals surface area contributed by atoms with E-state index in [0.29, 0.717) is 5.56 Å². The van der Waals surface area contributed by atoms with Crippen molar-refractivity contribution in [3.63, 3.8) is 0 Å². The zero-order valence-electron chi connectivity index (χ0n) is 11.4. The van der Waals surface area contributed by atoms with Crippen molar-refractivity contribution in [1.82, 2.24) is 0 Å². The van der Waals surface area contributed by atoms with Crippen LogP contribution >= 0.6 is 0 Å². The van der Waals surface area contributed by atoms with Gasteiger partial charge in [0.05, 0.1) is 0 Å². The van der Waals surface area contributed by atoms with Crippen LogP contribution in [0.1, 0.15) is 17.2 Å². The lowest BCUT2D eigenvalue weighted by molar-refractivity contribution is -0.409. The van der Waals surface area contributed by atoms with E-state index in [2.05, 4.69) is 0 Å². The Kier molecular flexibility index (Phi) is 3.22. The van der Waals surface area contributed by atoms with Crippen LogP contribution in [0.5, 0.6) is 5.75 Å². The summed E-state index contributed by atoms with van der Waals surface area (Å²) in [6.45, 7) is 0. The highest BCUT2D eigenvalue weighted by Gasteiger charge is 2.62. The lowest BCUT2D eigenvalue weighted by Crippen LogP contribution is -2.61. The van der Waals surface area contributed by atoms with Gasteiger partial charge in [-0.25, -0.2) is 0 Å². The molecule has 2 atom stereocenters. The molecule has 0 radical (unpaired) electrons. The average molecular weight is 288 g/mol. The average Bonchev–Trinajstić information content (AvgIpc) is 2.49. The Labute approximate surface area is 122 Å². The molecule has 3 N–H and O–H groups in total. The molecule has 0 aromatic heterocycles. The smallest absolute Gasteiger partial charge is 0.360 e. The lowest BCUT2D eigenvalue weighted by atomic mass is 9.80. The van der Waals surface area contributed by atoms with E-state index in [1.54, 1.807) is 54.6 Å². The molecule has 5 nitrogen and oxygen atoms in total. The summed E-state index contributed by atoms with van der Waals surface area (Å²) < 4.78 is 10.6. The van der Waals surface area contributed by atoms with Crippen molar-refractivity contribution in [3.8, 4) is 5.75 Å². The molecule has 0 aliphatic carbocycles. The Bertz CT molecular complexity index is 640. The number of fused-ring (bicyclic) bond motifs is 1. The van der Waals surface area contributed by atoms with Crippen LogP contribution in [-0.4, -0.2) is 28.4 Å². The first-order valence-corrected chi connectivity index (χ1v) is 6.54. The van der Waals surface area contributed by atoms with Crippen LogP contribution in [0, 0.1) is 0 Å². The maximum Gasteiger partial charge on any atom is 0.360 e. The Morgan fingerprint density at radius 1 is 0.952 bits per heavy atom. The molecule has 110 valence electrons. The van der Waals surface area contributed by atoms with Gasteiger partial charge < -0.3 is 24.8 Å². The van der Waals surface area contributed by atoms with Gasteiger partial charge in [-0.05, 0) is 11.6 Å². The molecular weight excluding hydrogens is 272 g/mol. The Morgan fingerprint density at radius 3 is 2.24 bits per heavy atom. The van der Waals surface area contributed by atoms with Crippen molar-refractivity contribution < 1.29 is 24.8 Å². The van der Waals surface area contributed by atoms with Crippen molar-refractivity contribution in [1.29, 1.82) is 0 Å². The molecule has 0 saturated heterocycles. The maximum atomic E-state index is 11.0. The fourth-order valence-electron chi connectivity index (χ4n) is 2.75. The molecule has 2 unspecified atom stereocenters. The van der Waals surface area contributed by atoms with E-state index in [9.17, 15) is 15.3 Å². The van der Waals surface area contributed by atoms with Gasteiger partial charge in [-0.1, -0.05) is 48.5 Å². The van der Waals surface area contributed by atoms with Crippen LogP contribution < -0.4 is 4.74 Å². The topological polar surface area (TPSA) is 79.2 Å². The number of aliphatic hydroxyl groups is 3. The zero-order chi connectivity index (χ0) is 15.1. The summed E-state index contributed by atoms with van der Waals surface area (Å²) >= 11 is 0. The molecule has 2 aromatic carbocycles. The van der Waals surface area contributed by atoms with E-state index in [0.717, 1.165) is 0 Å². The molecular formula is C16H16O5. The summed E-state index contributed by atoms with van der Waals surface area (Å²) in [5.41, 5.74) is -1.32. The van der Waals surface area contributed by atoms with Crippen molar-refractivity contribution >= 4 is 0 Å². The Hall–Kier alpha value is -1.92. The third-order valence-electron chi connectivity index (χ3n) is 3.78. The van der Waals surface area contributed by atoms with Crippen LogP contribution in [0.3, 0.4) is 0 Å². The number of rotatable bonds is 2. The minimum absolute atomic E-state index is 0.259. The third kappa shape index (κ3) is 1.94. The van der Waals surface area contributed by atoms with E-state index in [-0.39, 0.29) is 11.3 Å². The fourth-order valence-corrected chi connectivity index (χ4v) is 2.75. The van der Waals surface area contributed by atoms with Crippen LogP contribution in [0.4, 0.5) is 0 Å². The van der Waals surface area contributed by atoms with Gasteiger partial charge in [0.2, 0.25) is 5.60 Å². The van der Waals surface area contributed by atoms with Gasteiger partial charge >= 0.3 is 5.97 Å². The second-order valence-electron chi connectivity index (χ2n) is 5.00. The molecule has 0 saturated carbocycles. The van der Waals surface area contributed by atoms with Crippen molar-refractivity contribution in [3.05, 3.63) is 65.7 Å². The van der Waals surface area contributed by atoms with Gasteiger partial charge in [-0.15, -0.1) is 0 Å². The van der Waals surface area contributed by atoms with Gasteiger partial charge in [-0.2, -0.15) is 0 Å². The second kappa shape index (κ2) is 4.82. The van der Waals surface area contributed by atoms with E-state index in [1.807, 2.05) is 0 Å². The highest BCUT2D eigenvalue weighted by atomic mass is 16.8. The summed E-state index contributed by atoms with van der Waals surface area (Å²) in [5.74, 6) is -2.56. The maximum absolute atomic E-state index is 11.0. The van der Waals surface area contributed by atoms with E-state index >= 15 is 0 Å². The first-order chi connectivity index (χ1) is 10.0. The number of hydrogen-bond acceptors (Lipinski definition) is 5. The molecule has 0 amide bonds. The minimum atomic E-state index is -2.82. The standard InChI is InChI=1S/C16H16O5/c1-20-14-12-9-5-6-10-13(12)21-16(18,19)15(14,17)11-7-3-2-4-8-11/h2-10,14,17-19H,1H3. The van der Waals surface area contributed by atoms with Crippen LogP contribution in [-0.2, 0) is 10.3 Å². The Balaban J connectivity index is 2.23. The summed E-state index contributed by atoms with van der Waals surface area (Å²) in [4.78, 5) is 0. The molecule has 1 aliphatic heterocycles. The van der Waals surface area contributed by atoms with Gasteiger partial charge in [0.25, 0.3) is 0 Å². The molecule has 5 heteroatoms.